The van der Waals surface area contributed by atoms with Crippen molar-refractivity contribution in [1.82, 2.24) is 4.90 Å². The Morgan fingerprint density at radius 2 is 1.74 bits per heavy atom. The number of likely N-dealkylation sites (tertiary alicyclic amines) is 1. The van der Waals surface area contributed by atoms with Crippen LogP contribution in [0.25, 0.3) is 0 Å². The minimum Gasteiger partial charge on any atom is -0.479 e. The third-order valence-electron chi connectivity index (χ3n) is 4.78. The van der Waals surface area contributed by atoms with Gasteiger partial charge in [-0.25, -0.2) is 13.6 Å². The van der Waals surface area contributed by atoms with Gasteiger partial charge in [-0.3, -0.25) is 4.79 Å². The molecule has 1 saturated heterocycles. The summed E-state index contributed by atoms with van der Waals surface area (Å²) in [6, 6.07) is 3.63. The van der Waals surface area contributed by atoms with Gasteiger partial charge in [-0.2, -0.15) is 0 Å². The normalized spacial score (nSPS) is 26.0. The van der Waals surface area contributed by atoms with Gasteiger partial charge >= 0.3 is 5.97 Å². The average Bonchev–Trinajstić information content (AvgIpc) is 3.27. The lowest BCUT2D eigenvalue weighted by atomic mass is 9.91. The summed E-state index contributed by atoms with van der Waals surface area (Å²) >= 11 is 0. The van der Waals surface area contributed by atoms with Gasteiger partial charge in [0, 0.05) is 43.3 Å². The summed E-state index contributed by atoms with van der Waals surface area (Å²) in [6.45, 7) is 0.259. The molecule has 2 unspecified atom stereocenters. The molecule has 2 atom stereocenters. The summed E-state index contributed by atoms with van der Waals surface area (Å²) in [5, 5.41) is 18.8. The van der Waals surface area contributed by atoms with Crippen molar-refractivity contribution < 1.29 is 28.6 Å². The van der Waals surface area contributed by atoms with Gasteiger partial charge in [-0.05, 0) is 18.6 Å². The number of halogens is 2. The molecular formula is C16H17F2NO4. The first kappa shape index (κ1) is 15.9. The van der Waals surface area contributed by atoms with E-state index < -0.39 is 35.0 Å². The van der Waals surface area contributed by atoms with Crippen molar-refractivity contribution in [2.45, 2.75) is 30.8 Å². The van der Waals surface area contributed by atoms with E-state index in [1.807, 2.05) is 0 Å². The maximum Gasteiger partial charge on any atom is 0.335 e. The number of nitrogens with zero attached hydrogens (tertiary/aromatic N) is 1. The molecule has 2 N–H and O–H groups in total. The first-order chi connectivity index (χ1) is 10.8. The number of piperidine rings is 1. The Labute approximate surface area is 131 Å². The number of aliphatic hydroxyl groups is 1. The third-order valence-corrected chi connectivity index (χ3v) is 4.78. The second kappa shape index (κ2) is 5.56. The number of carbonyl (C=O) groups excluding carboxylic acids is 1. The zero-order chi connectivity index (χ0) is 16.8. The van der Waals surface area contributed by atoms with Crippen LogP contribution in [-0.4, -0.2) is 45.7 Å². The van der Waals surface area contributed by atoms with E-state index in [1.165, 1.54) is 23.1 Å². The van der Waals surface area contributed by atoms with Crippen LogP contribution in [0.15, 0.2) is 18.2 Å². The molecule has 3 rings (SSSR count). The molecule has 1 heterocycles. The average molecular weight is 325 g/mol. The molecule has 1 aromatic rings. The Bertz CT molecular complexity index is 635. The number of benzene rings is 1. The first-order valence-corrected chi connectivity index (χ1v) is 7.52. The highest BCUT2D eigenvalue weighted by atomic mass is 19.1. The highest BCUT2D eigenvalue weighted by Gasteiger charge is 2.50. The van der Waals surface area contributed by atoms with E-state index in [-0.39, 0.29) is 37.4 Å². The Morgan fingerprint density at radius 3 is 2.26 bits per heavy atom. The number of carbonyl (C=O) groups is 2. The van der Waals surface area contributed by atoms with Crippen LogP contribution in [-0.2, 0) is 9.59 Å². The SMILES string of the molecule is O=C(C1CC1c1c(F)cccc1F)N1CCC(O)(C(=O)O)CC1. The van der Waals surface area contributed by atoms with E-state index >= 15 is 0 Å². The highest BCUT2D eigenvalue weighted by Crippen LogP contribution is 2.50. The zero-order valence-corrected chi connectivity index (χ0v) is 12.3. The van der Waals surface area contributed by atoms with Crippen molar-refractivity contribution >= 4 is 11.9 Å². The van der Waals surface area contributed by atoms with Crippen molar-refractivity contribution in [2.24, 2.45) is 5.92 Å². The Kier molecular flexibility index (Phi) is 3.83. The lowest BCUT2D eigenvalue weighted by Gasteiger charge is -2.35. The number of amides is 1. The van der Waals surface area contributed by atoms with Gasteiger partial charge in [0.05, 0.1) is 0 Å². The van der Waals surface area contributed by atoms with Crippen molar-refractivity contribution in [2.75, 3.05) is 13.1 Å². The van der Waals surface area contributed by atoms with Crippen LogP contribution in [0.2, 0.25) is 0 Å². The van der Waals surface area contributed by atoms with Gasteiger partial charge in [0.25, 0.3) is 0 Å². The van der Waals surface area contributed by atoms with E-state index in [0.29, 0.717) is 6.42 Å². The van der Waals surface area contributed by atoms with Crippen LogP contribution in [0.5, 0.6) is 0 Å². The summed E-state index contributed by atoms with van der Waals surface area (Å²) in [5.41, 5.74) is -1.85. The summed E-state index contributed by atoms with van der Waals surface area (Å²) in [6.07, 6.45) is 0.301. The second-order valence-electron chi connectivity index (χ2n) is 6.25. The maximum atomic E-state index is 13.7. The fourth-order valence-corrected chi connectivity index (χ4v) is 3.20. The number of carboxylic acids is 1. The molecule has 2 aliphatic rings. The number of hydrogen-bond donors (Lipinski definition) is 2. The fraction of sp³-hybridized carbons (Fsp3) is 0.500. The molecule has 1 saturated carbocycles. The second-order valence-corrected chi connectivity index (χ2v) is 6.25. The fourth-order valence-electron chi connectivity index (χ4n) is 3.20. The molecule has 0 bridgehead atoms. The molecule has 124 valence electrons. The minimum absolute atomic E-state index is 0.0421. The van der Waals surface area contributed by atoms with Crippen molar-refractivity contribution in [3.05, 3.63) is 35.4 Å². The topological polar surface area (TPSA) is 77.8 Å². The predicted octanol–water partition coefficient (Wildman–Crippen LogP) is 1.51. The minimum atomic E-state index is -1.79. The molecule has 1 aromatic carbocycles. The molecular weight excluding hydrogens is 308 g/mol. The zero-order valence-electron chi connectivity index (χ0n) is 12.3. The van der Waals surface area contributed by atoms with E-state index in [4.69, 9.17) is 5.11 Å². The van der Waals surface area contributed by atoms with Gasteiger partial charge in [-0.15, -0.1) is 0 Å². The van der Waals surface area contributed by atoms with Crippen LogP contribution >= 0.6 is 0 Å². The summed E-state index contributed by atoms with van der Waals surface area (Å²) in [4.78, 5) is 24.8. The Morgan fingerprint density at radius 1 is 1.17 bits per heavy atom. The highest BCUT2D eigenvalue weighted by molar-refractivity contribution is 5.84. The van der Waals surface area contributed by atoms with E-state index in [9.17, 15) is 23.5 Å². The number of rotatable bonds is 3. The standard InChI is InChI=1S/C16H17F2NO4/c17-11-2-1-3-12(18)13(11)9-8-10(9)14(20)19-6-4-16(23,5-7-19)15(21)22/h1-3,9-10,23H,4-8H2,(H,21,22). The quantitative estimate of drug-likeness (QED) is 0.883. The van der Waals surface area contributed by atoms with Crippen LogP contribution < -0.4 is 0 Å². The smallest absolute Gasteiger partial charge is 0.335 e. The molecule has 7 heteroatoms. The Hall–Kier alpha value is -2.02. The number of aliphatic carboxylic acids is 1. The van der Waals surface area contributed by atoms with Crippen LogP contribution in [0.1, 0.15) is 30.7 Å². The monoisotopic (exact) mass is 325 g/mol. The summed E-state index contributed by atoms with van der Waals surface area (Å²) < 4.78 is 27.5. The van der Waals surface area contributed by atoms with Gasteiger partial charge in [0.15, 0.2) is 5.60 Å². The first-order valence-electron chi connectivity index (χ1n) is 7.52. The summed E-state index contributed by atoms with van der Waals surface area (Å²) in [5.74, 6) is -3.76. The van der Waals surface area contributed by atoms with Crippen LogP contribution in [0.3, 0.4) is 0 Å². The van der Waals surface area contributed by atoms with Crippen molar-refractivity contribution in [1.29, 1.82) is 0 Å². The molecule has 0 aromatic heterocycles. The van der Waals surface area contributed by atoms with Crippen LogP contribution in [0.4, 0.5) is 8.78 Å². The Balaban J connectivity index is 1.65. The van der Waals surface area contributed by atoms with Crippen LogP contribution in [0, 0.1) is 17.6 Å². The van der Waals surface area contributed by atoms with E-state index in [0.717, 1.165) is 0 Å². The van der Waals surface area contributed by atoms with Gasteiger partial charge in [0.1, 0.15) is 11.6 Å². The van der Waals surface area contributed by atoms with Gasteiger partial charge in [-0.1, -0.05) is 6.07 Å². The molecule has 23 heavy (non-hydrogen) atoms. The largest absolute Gasteiger partial charge is 0.479 e. The number of carboxylic acid groups (broad SMARTS) is 1. The lowest BCUT2D eigenvalue weighted by molar-refractivity contribution is -0.165. The van der Waals surface area contributed by atoms with E-state index in [1.54, 1.807) is 0 Å². The molecule has 1 aliphatic heterocycles. The lowest BCUT2D eigenvalue weighted by Crippen LogP contribution is -2.51. The predicted molar refractivity (Wildman–Crippen MR) is 75.6 cm³/mol. The molecule has 0 radical (unpaired) electrons. The molecule has 1 amide bonds. The third kappa shape index (κ3) is 2.81. The van der Waals surface area contributed by atoms with Gasteiger partial charge < -0.3 is 15.1 Å². The molecule has 1 aliphatic carbocycles. The van der Waals surface area contributed by atoms with E-state index in [2.05, 4.69) is 0 Å². The molecule has 5 nitrogen and oxygen atoms in total. The molecule has 0 spiro atoms. The number of hydrogen-bond acceptors (Lipinski definition) is 3. The maximum absolute atomic E-state index is 13.7. The summed E-state index contributed by atoms with van der Waals surface area (Å²) in [7, 11) is 0. The van der Waals surface area contributed by atoms with Crippen molar-refractivity contribution in [3.63, 3.8) is 0 Å². The molecule has 2 fully saturated rings. The van der Waals surface area contributed by atoms with Crippen molar-refractivity contribution in [3.8, 4) is 0 Å². The van der Waals surface area contributed by atoms with Gasteiger partial charge in [0.2, 0.25) is 5.91 Å².